The molecule has 6 heteroatoms. The van der Waals surface area contributed by atoms with Crippen LogP contribution in [0.4, 0.5) is 0 Å². The molecule has 0 saturated carbocycles. The number of esters is 3. The minimum atomic E-state index is -0.824. The van der Waals surface area contributed by atoms with Crippen LogP contribution < -0.4 is 0 Å². The summed E-state index contributed by atoms with van der Waals surface area (Å²) in [5.41, 5.74) is 0. The summed E-state index contributed by atoms with van der Waals surface area (Å²) in [5.74, 6) is -1.01. The highest BCUT2D eigenvalue weighted by molar-refractivity contribution is 5.71. The SMILES string of the molecule is CC/C=C\C/C=C\C/C=C\C/C=C\C/C=C\C/C=C\C/C=C\C/C=C\CCCCCCC(=O)OCC(COC(=O)CCCCCCCCCCCCC)OC(=O)CCC/C=C\C/C=C\C/C=C\C/C=C\C/C=C\CC. The second-order valence-electron chi connectivity index (χ2n) is 19.1. The molecule has 1 unspecified atom stereocenters. The van der Waals surface area contributed by atoms with E-state index in [9.17, 15) is 14.4 Å². The minimum Gasteiger partial charge on any atom is -0.462 e. The first-order valence-corrected chi connectivity index (χ1v) is 30.0. The molecule has 0 bridgehead atoms. The number of rotatable bonds is 52. The number of carbonyl (C=O) groups excluding carboxylic acids is 3. The van der Waals surface area contributed by atoms with Crippen molar-refractivity contribution in [1.82, 2.24) is 0 Å². The normalized spacial score (nSPS) is 13.3. The van der Waals surface area contributed by atoms with E-state index < -0.39 is 6.10 Å². The zero-order chi connectivity index (χ0) is 54.3. The molecule has 0 amide bonds. The van der Waals surface area contributed by atoms with Crippen LogP contribution in [-0.2, 0) is 28.6 Å². The number of allylic oxidation sites excluding steroid dienone is 26. The third-order valence-electron chi connectivity index (χ3n) is 12.0. The first-order chi connectivity index (χ1) is 37.0. The van der Waals surface area contributed by atoms with Gasteiger partial charge in [-0.3, -0.25) is 14.4 Å². The van der Waals surface area contributed by atoms with Crippen LogP contribution in [-0.4, -0.2) is 37.2 Å². The molecule has 0 aromatic carbocycles. The molecule has 0 saturated heterocycles. The van der Waals surface area contributed by atoms with E-state index in [1.807, 2.05) is 0 Å². The van der Waals surface area contributed by atoms with Crippen molar-refractivity contribution in [3.63, 3.8) is 0 Å². The van der Waals surface area contributed by atoms with Crippen molar-refractivity contribution >= 4 is 17.9 Å². The largest absolute Gasteiger partial charge is 0.462 e. The molecule has 0 aliphatic heterocycles. The van der Waals surface area contributed by atoms with E-state index in [1.54, 1.807) is 0 Å². The highest BCUT2D eigenvalue weighted by Gasteiger charge is 2.19. The summed E-state index contributed by atoms with van der Waals surface area (Å²) in [7, 11) is 0. The Bertz CT molecular complexity index is 1710. The fourth-order valence-electron chi connectivity index (χ4n) is 7.61. The Morgan fingerprint density at radius 2 is 0.533 bits per heavy atom. The summed E-state index contributed by atoms with van der Waals surface area (Å²) in [6.07, 6.45) is 89.6. The maximum Gasteiger partial charge on any atom is 0.306 e. The van der Waals surface area contributed by atoms with E-state index in [2.05, 4.69) is 179 Å². The van der Waals surface area contributed by atoms with Crippen molar-refractivity contribution in [1.29, 1.82) is 0 Å². The molecule has 0 spiro atoms. The van der Waals surface area contributed by atoms with Gasteiger partial charge in [-0.15, -0.1) is 0 Å². The minimum absolute atomic E-state index is 0.114. The molecule has 0 aliphatic carbocycles. The Balaban J connectivity index is 4.44. The van der Waals surface area contributed by atoms with E-state index in [0.29, 0.717) is 19.3 Å². The molecule has 0 aromatic rings. The fourth-order valence-corrected chi connectivity index (χ4v) is 7.61. The zero-order valence-electron chi connectivity index (χ0n) is 48.0. The lowest BCUT2D eigenvalue weighted by Crippen LogP contribution is -2.30. The van der Waals surface area contributed by atoms with Crippen molar-refractivity contribution in [2.45, 2.75) is 245 Å². The van der Waals surface area contributed by atoms with E-state index in [1.165, 1.54) is 51.4 Å². The monoisotopic (exact) mass is 1030 g/mol. The van der Waals surface area contributed by atoms with Crippen LogP contribution in [0.2, 0.25) is 0 Å². The van der Waals surface area contributed by atoms with E-state index in [0.717, 1.165) is 141 Å². The molecule has 0 N–H and O–H groups in total. The van der Waals surface area contributed by atoms with Crippen molar-refractivity contribution in [2.75, 3.05) is 13.2 Å². The lowest BCUT2D eigenvalue weighted by Gasteiger charge is -2.18. The lowest BCUT2D eigenvalue weighted by molar-refractivity contribution is -0.167. The van der Waals surface area contributed by atoms with Crippen molar-refractivity contribution in [3.05, 3.63) is 158 Å². The predicted octanol–water partition coefficient (Wildman–Crippen LogP) is 20.5. The molecule has 0 fully saturated rings. The van der Waals surface area contributed by atoms with Gasteiger partial charge in [-0.1, -0.05) is 256 Å². The number of carbonyl (C=O) groups is 3. The van der Waals surface area contributed by atoms with Gasteiger partial charge in [-0.2, -0.15) is 0 Å². The van der Waals surface area contributed by atoms with Gasteiger partial charge < -0.3 is 14.2 Å². The lowest BCUT2D eigenvalue weighted by atomic mass is 10.1. The summed E-state index contributed by atoms with van der Waals surface area (Å²) in [5, 5.41) is 0. The number of hydrogen-bond donors (Lipinski definition) is 0. The van der Waals surface area contributed by atoms with Crippen LogP contribution in [0.25, 0.3) is 0 Å². The topological polar surface area (TPSA) is 78.9 Å². The molecule has 0 heterocycles. The Hall–Kier alpha value is -4.97. The first kappa shape index (κ1) is 70.0. The van der Waals surface area contributed by atoms with Gasteiger partial charge in [0.2, 0.25) is 0 Å². The van der Waals surface area contributed by atoms with Crippen LogP contribution in [0, 0.1) is 0 Å². The number of unbranched alkanes of at least 4 members (excludes halogenated alkanes) is 15. The zero-order valence-corrected chi connectivity index (χ0v) is 48.0. The van der Waals surface area contributed by atoms with Crippen LogP contribution >= 0.6 is 0 Å². The summed E-state index contributed by atoms with van der Waals surface area (Å²) >= 11 is 0. The summed E-state index contributed by atoms with van der Waals surface area (Å²) in [4.78, 5) is 38.1. The highest BCUT2D eigenvalue weighted by Crippen LogP contribution is 2.14. The third kappa shape index (κ3) is 59.8. The second kappa shape index (κ2) is 61.6. The smallest absolute Gasteiger partial charge is 0.306 e. The van der Waals surface area contributed by atoms with Crippen molar-refractivity contribution in [2.24, 2.45) is 0 Å². The number of hydrogen-bond acceptors (Lipinski definition) is 6. The summed E-state index contributed by atoms with van der Waals surface area (Å²) in [6, 6.07) is 0. The highest BCUT2D eigenvalue weighted by atomic mass is 16.6. The fraction of sp³-hybridized carbons (Fsp3) is 0.580. The number of ether oxygens (including phenoxy) is 3. The Labute approximate surface area is 460 Å². The maximum atomic E-state index is 12.8. The van der Waals surface area contributed by atoms with Gasteiger partial charge in [0.25, 0.3) is 0 Å². The molecular formula is C69H108O6. The maximum absolute atomic E-state index is 12.8. The molecule has 0 aromatic heterocycles. The van der Waals surface area contributed by atoms with E-state index >= 15 is 0 Å². The average molecular weight is 1030 g/mol. The molecule has 420 valence electrons. The van der Waals surface area contributed by atoms with Gasteiger partial charge >= 0.3 is 17.9 Å². The van der Waals surface area contributed by atoms with Gasteiger partial charge in [0, 0.05) is 19.3 Å². The molecule has 0 aliphatic rings. The Morgan fingerprint density at radius 1 is 0.280 bits per heavy atom. The first-order valence-electron chi connectivity index (χ1n) is 30.0. The third-order valence-corrected chi connectivity index (χ3v) is 12.0. The van der Waals surface area contributed by atoms with Crippen LogP contribution in [0.15, 0.2) is 158 Å². The molecular weight excluding hydrogens is 925 g/mol. The van der Waals surface area contributed by atoms with E-state index in [-0.39, 0.29) is 37.5 Å². The predicted molar refractivity (Wildman–Crippen MR) is 325 cm³/mol. The molecule has 75 heavy (non-hydrogen) atoms. The molecule has 6 nitrogen and oxygen atoms in total. The van der Waals surface area contributed by atoms with Gasteiger partial charge in [0.15, 0.2) is 6.10 Å². The van der Waals surface area contributed by atoms with E-state index in [4.69, 9.17) is 14.2 Å². The van der Waals surface area contributed by atoms with Gasteiger partial charge in [-0.25, -0.2) is 0 Å². The second-order valence-corrected chi connectivity index (χ2v) is 19.1. The standard InChI is InChI=1S/C69H108O6/c1-4-7-10-13-16-19-22-24-26-28-29-30-31-32-33-34-35-36-37-38-39-41-42-44-47-50-53-56-59-62-68(71)74-65-66(64-73-67(70)61-58-55-52-49-46-21-18-15-12-9-6-3)75-69(72)63-60-57-54-51-48-45-43-40-27-25-23-20-17-14-11-8-5-2/h7-8,10-11,16-17,19-20,24-27,29-30,32-33,35-36,38-39,42-45,51,54,66H,4-6,9,12-15,18,21-23,28,31,34,37,40-41,46-50,52-53,55-65H2,1-3H3/b10-7-,11-8-,19-16-,20-17-,26-24-,27-25-,30-29-,33-32-,36-35-,39-38-,44-42-,45-43-,54-51-. The Morgan fingerprint density at radius 3 is 0.853 bits per heavy atom. The van der Waals surface area contributed by atoms with Crippen molar-refractivity contribution < 1.29 is 28.6 Å². The molecule has 1 atom stereocenters. The molecule has 0 rings (SSSR count). The summed E-state index contributed by atoms with van der Waals surface area (Å²) < 4.78 is 16.8. The van der Waals surface area contributed by atoms with Gasteiger partial charge in [-0.05, 0) is 122 Å². The molecule has 0 radical (unpaired) electrons. The van der Waals surface area contributed by atoms with Crippen LogP contribution in [0.3, 0.4) is 0 Å². The van der Waals surface area contributed by atoms with Crippen LogP contribution in [0.5, 0.6) is 0 Å². The average Bonchev–Trinajstić information content (AvgIpc) is 3.41. The quantitative estimate of drug-likeness (QED) is 0.0261. The Kier molecular flexibility index (Phi) is 57.5. The van der Waals surface area contributed by atoms with Crippen molar-refractivity contribution in [3.8, 4) is 0 Å². The summed E-state index contributed by atoms with van der Waals surface area (Å²) in [6.45, 7) is 6.32. The van der Waals surface area contributed by atoms with Gasteiger partial charge in [0.05, 0.1) is 0 Å². The van der Waals surface area contributed by atoms with Gasteiger partial charge in [0.1, 0.15) is 13.2 Å². The van der Waals surface area contributed by atoms with Crippen LogP contribution in [0.1, 0.15) is 239 Å².